The molecule has 0 bridgehead atoms. The van der Waals surface area contributed by atoms with Gasteiger partial charge >= 0.3 is 0 Å². The van der Waals surface area contributed by atoms with Gasteiger partial charge in [-0.25, -0.2) is 4.98 Å². The molecule has 2 aromatic carbocycles. The number of fused-ring (bicyclic) bond motifs is 1. The number of para-hydroxylation sites is 2. The summed E-state index contributed by atoms with van der Waals surface area (Å²) in [5.74, 6) is 0.973. The fourth-order valence-corrected chi connectivity index (χ4v) is 2.72. The monoisotopic (exact) mass is 309 g/mol. The maximum atomic E-state index is 5.68. The molecule has 0 aliphatic rings. The predicted octanol–water partition coefficient (Wildman–Crippen LogP) is 4.00. The number of rotatable bonds is 4. The van der Waals surface area contributed by atoms with Crippen LogP contribution >= 0.6 is 12.2 Å². The lowest BCUT2D eigenvalue weighted by atomic mass is 10.1. The van der Waals surface area contributed by atoms with E-state index in [4.69, 9.17) is 22.9 Å². The summed E-state index contributed by atoms with van der Waals surface area (Å²) >= 11 is 5.03. The summed E-state index contributed by atoms with van der Waals surface area (Å²) < 4.78 is 2.21. The molecule has 4 heteroatoms. The third kappa shape index (κ3) is 2.74. The Kier molecular flexibility index (Phi) is 3.94. The van der Waals surface area contributed by atoms with Gasteiger partial charge in [0.25, 0.3) is 0 Å². The second kappa shape index (κ2) is 5.89. The Bertz CT molecular complexity index is 849. The first-order valence-electron chi connectivity index (χ1n) is 7.37. The average molecular weight is 309 g/mol. The fraction of sp³-hybridized carbons (Fsp3) is 0.222. The van der Waals surface area contributed by atoms with E-state index < -0.39 is 0 Å². The smallest absolute Gasteiger partial charge is 0.141 e. The summed E-state index contributed by atoms with van der Waals surface area (Å²) in [7, 11) is 0. The summed E-state index contributed by atoms with van der Waals surface area (Å²) in [4.78, 5) is 5.34. The number of hydrogen-bond donors (Lipinski definition) is 1. The Hall–Kier alpha value is -2.20. The number of benzene rings is 2. The van der Waals surface area contributed by atoms with E-state index in [0.29, 0.717) is 11.4 Å². The number of imidazole rings is 1. The molecule has 0 aliphatic heterocycles. The van der Waals surface area contributed by atoms with Crippen molar-refractivity contribution in [3.63, 3.8) is 0 Å². The highest BCUT2D eigenvalue weighted by atomic mass is 32.1. The summed E-state index contributed by atoms with van der Waals surface area (Å²) in [6.45, 7) is 4.99. The normalized spacial score (nSPS) is 11.0. The van der Waals surface area contributed by atoms with Crippen molar-refractivity contribution in [1.82, 2.24) is 9.55 Å². The average Bonchev–Trinajstić information content (AvgIpc) is 2.86. The molecule has 0 radical (unpaired) electrons. The molecule has 1 aromatic heterocycles. The molecule has 22 heavy (non-hydrogen) atoms. The Labute approximate surface area is 135 Å². The Balaban J connectivity index is 2.16. The molecule has 112 valence electrons. The summed E-state index contributed by atoms with van der Waals surface area (Å²) in [5.41, 5.74) is 11.5. The van der Waals surface area contributed by atoms with E-state index in [1.165, 1.54) is 11.1 Å². The van der Waals surface area contributed by atoms with E-state index in [-0.39, 0.29) is 0 Å². The lowest BCUT2D eigenvalue weighted by Gasteiger charge is -2.10. The van der Waals surface area contributed by atoms with E-state index in [2.05, 4.69) is 42.7 Å². The van der Waals surface area contributed by atoms with E-state index in [9.17, 15) is 0 Å². The summed E-state index contributed by atoms with van der Waals surface area (Å²) in [5, 5.41) is 0. The van der Waals surface area contributed by atoms with Crippen LogP contribution in [-0.4, -0.2) is 14.5 Å². The minimum atomic E-state index is 0.531. The van der Waals surface area contributed by atoms with Crippen LogP contribution in [-0.2, 0) is 6.54 Å². The zero-order valence-electron chi connectivity index (χ0n) is 12.8. The second-order valence-corrected chi connectivity index (χ2v) is 6.12. The third-order valence-corrected chi connectivity index (χ3v) is 4.21. The minimum absolute atomic E-state index is 0.531. The van der Waals surface area contributed by atoms with Crippen LogP contribution in [0.2, 0.25) is 0 Å². The number of aromatic nitrogens is 2. The molecule has 0 unspecified atom stereocenters. The van der Waals surface area contributed by atoms with Gasteiger partial charge in [0, 0.05) is 18.5 Å². The maximum absolute atomic E-state index is 5.68. The standard InChI is InChI=1S/C18H19N3S/c1-12-7-8-14(11-13(12)2)18-20-15-5-3-4-6-16(15)21(18)10-9-17(19)22/h3-8,11H,9-10H2,1-2H3,(H2,19,22). The third-order valence-electron chi connectivity index (χ3n) is 4.00. The number of aryl methyl sites for hydroxylation is 3. The van der Waals surface area contributed by atoms with Crippen LogP contribution in [0.5, 0.6) is 0 Å². The van der Waals surface area contributed by atoms with Crippen LogP contribution in [0.3, 0.4) is 0 Å². The van der Waals surface area contributed by atoms with Gasteiger partial charge in [-0.1, -0.05) is 36.5 Å². The molecule has 3 nitrogen and oxygen atoms in total. The number of thiocarbonyl (C=S) groups is 1. The van der Waals surface area contributed by atoms with E-state index >= 15 is 0 Å². The SMILES string of the molecule is Cc1ccc(-c2nc3ccccc3n2CCC(N)=S)cc1C. The van der Waals surface area contributed by atoms with Gasteiger partial charge in [0.1, 0.15) is 5.82 Å². The molecule has 3 rings (SSSR count). The lowest BCUT2D eigenvalue weighted by molar-refractivity contribution is 0.756. The molecular weight excluding hydrogens is 290 g/mol. The van der Waals surface area contributed by atoms with Gasteiger partial charge in [-0.05, 0) is 43.2 Å². The van der Waals surface area contributed by atoms with Crippen LogP contribution in [0.15, 0.2) is 42.5 Å². The van der Waals surface area contributed by atoms with Crippen molar-refractivity contribution in [3.05, 3.63) is 53.6 Å². The van der Waals surface area contributed by atoms with E-state index in [1.807, 2.05) is 18.2 Å². The molecule has 2 N–H and O–H groups in total. The van der Waals surface area contributed by atoms with E-state index in [0.717, 1.165) is 29.0 Å². The summed E-state index contributed by atoms with van der Waals surface area (Å²) in [6.07, 6.45) is 0.674. The van der Waals surface area contributed by atoms with Gasteiger partial charge in [0.05, 0.1) is 16.0 Å². The van der Waals surface area contributed by atoms with Crippen LogP contribution in [0, 0.1) is 13.8 Å². The second-order valence-electron chi connectivity index (χ2n) is 5.59. The molecule has 0 atom stereocenters. The van der Waals surface area contributed by atoms with Gasteiger partial charge in [-0.2, -0.15) is 0 Å². The Morgan fingerprint density at radius 1 is 1.14 bits per heavy atom. The van der Waals surface area contributed by atoms with E-state index in [1.54, 1.807) is 0 Å². The van der Waals surface area contributed by atoms with Crippen molar-refractivity contribution in [1.29, 1.82) is 0 Å². The van der Waals surface area contributed by atoms with Gasteiger partial charge in [-0.3, -0.25) is 0 Å². The highest BCUT2D eigenvalue weighted by Crippen LogP contribution is 2.26. The highest BCUT2D eigenvalue weighted by molar-refractivity contribution is 7.80. The molecule has 0 saturated heterocycles. The minimum Gasteiger partial charge on any atom is -0.393 e. The lowest BCUT2D eigenvalue weighted by Crippen LogP contribution is -2.12. The first-order valence-corrected chi connectivity index (χ1v) is 7.78. The molecular formula is C18H19N3S. The first-order chi connectivity index (χ1) is 10.6. The Morgan fingerprint density at radius 2 is 1.91 bits per heavy atom. The maximum Gasteiger partial charge on any atom is 0.141 e. The molecule has 0 spiro atoms. The van der Waals surface area contributed by atoms with Gasteiger partial charge in [0.15, 0.2) is 0 Å². The van der Waals surface area contributed by atoms with Crippen LogP contribution in [0.4, 0.5) is 0 Å². The van der Waals surface area contributed by atoms with Crippen molar-refractivity contribution in [2.45, 2.75) is 26.8 Å². The quantitative estimate of drug-likeness (QED) is 0.741. The van der Waals surface area contributed by atoms with Gasteiger partial charge in [0.2, 0.25) is 0 Å². The molecule has 0 fully saturated rings. The van der Waals surface area contributed by atoms with Crippen LogP contribution in [0.1, 0.15) is 17.5 Å². The molecule has 0 saturated carbocycles. The summed E-state index contributed by atoms with van der Waals surface area (Å²) in [6, 6.07) is 14.6. The molecule has 0 aliphatic carbocycles. The number of nitrogens with two attached hydrogens (primary N) is 1. The van der Waals surface area contributed by atoms with Crippen molar-refractivity contribution in [2.24, 2.45) is 5.73 Å². The number of nitrogens with zero attached hydrogens (tertiary/aromatic N) is 2. The molecule has 0 amide bonds. The highest BCUT2D eigenvalue weighted by Gasteiger charge is 2.13. The molecule has 3 aromatic rings. The number of hydrogen-bond acceptors (Lipinski definition) is 2. The van der Waals surface area contributed by atoms with Crippen molar-refractivity contribution >= 4 is 28.2 Å². The fourth-order valence-electron chi connectivity index (χ4n) is 2.62. The zero-order valence-corrected chi connectivity index (χ0v) is 13.7. The molecule has 1 heterocycles. The van der Waals surface area contributed by atoms with Crippen molar-refractivity contribution in [3.8, 4) is 11.4 Å². The Morgan fingerprint density at radius 3 is 2.64 bits per heavy atom. The van der Waals surface area contributed by atoms with Crippen molar-refractivity contribution < 1.29 is 0 Å². The zero-order chi connectivity index (χ0) is 15.7. The topological polar surface area (TPSA) is 43.8 Å². The first kappa shape index (κ1) is 14.7. The van der Waals surface area contributed by atoms with Crippen molar-refractivity contribution in [2.75, 3.05) is 0 Å². The largest absolute Gasteiger partial charge is 0.393 e. The van der Waals surface area contributed by atoms with Crippen LogP contribution < -0.4 is 5.73 Å². The predicted molar refractivity (Wildman–Crippen MR) is 96.0 cm³/mol. The van der Waals surface area contributed by atoms with Crippen LogP contribution in [0.25, 0.3) is 22.4 Å². The van der Waals surface area contributed by atoms with Gasteiger partial charge in [-0.15, -0.1) is 0 Å². The van der Waals surface area contributed by atoms with Gasteiger partial charge < -0.3 is 10.3 Å².